The number of carbonyl (C=O) groups excluding carboxylic acids is 3. The second-order valence-electron chi connectivity index (χ2n) is 10.7. The minimum absolute atomic E-state index is 0.135. The molecule has 2 saturated heterocycles. The van der Waals surface area contributed by atoms with Gasteiger partial charge in [-0.25, -0.2) is 4.79 Å². The maximum Gasteiger partial charge on any atom is 0.338 e. The Morgan fingerprint density at radius 2 is 1.80 bits per heavy atom. The molecule has 2 fully saturated rings. The van der Waals surface area contributed by atoms with Crippen molar-refractivity contribution in [2.24, 2.45) is 0 Å². The first-order chi connectivity index (χ1) is 19.4. The number of nitrogens with one attached hydrogen (secondary N) is 1. The summed E-state index contributed by atoms with van der Waals surface area (Å²) in [5, 5.41) is 11.8. The number of rotatable bonds is 6. The van der Waals surface area contributed by atoms with Gasteiger partial charge in [-0.15, -0.1) is 0 Å². The van der Waals surface area contributed by atoms with Gasteiger partial charge in [0.2, 0.25) is 11.8 Å². The number of hydrogen-bond donors (Lipinski definition) is 2. The van der Waals surface area contributed by atoms with Gasteiger partial charge in [-0.05, 0) is 76.9 Å². The number of nitrogens with zero attached hydrogens (tertiary/aromatic N) is 1. The number of aliphatic hydroxyl groups excluding tert-OH is 1. The van der Waals surface area contributed by atoms with Crippen LogP contribution in [-0.2, 0) is 36.6 Å². The van der Waals surface area contributed by atoms with Crippen molar-refractivity contribution in [3.05, 3.63) is 80.4 Å². The summed E-state index contributed by atoms with van der Waals surface area (Å²) in [7, 11) is 0. The molecule has 0 radical (unpaired) electrons. The first-order valence-corrected chi connectivity index (χ1v) is 14.7. The summed E-state index contributed by atoms with van der Waals surface area (Å²) in [6, 6.07) is 14.6. The van der Waals surface area contributed by atoms with Crippen LogP contribution in [0.5, 0.6) is 0 Å². The van der Waals surface area contributed by atoms with Gasteiger partial charge in [-0.2, -0.15) is 0 Å². The first kappa shape index (κ1) is 27.4. The largest absolute Gasteiger partial charge is 0.456 e. The fraction of sp³-hybridized carbons (Fsp3) is 0.433. The molecule has 6 rings (SSSR count). The molecule has 2 aliphatic carbocycles. The van der Waals surface area contributed by atoms with Crippen molar-refractivity contribution in [3.63, 3.8) is 0 Å². The lowest BCUT2D eigenvalue weighted by Gasteiger charge is -2.32. The van der Waals surface area contributed by atoms with E-state index < -0.39 is 36.1 Å². The lowest BCUT2D eigenvalue weighted by molar-refractivity contribution is -0.172. The fourth-order valence-corrected chi connectivity index (χ4v) is 6.57. The van der Waals surface area contributed by atoms with Gasteiger partial charge in [0, 0.05) is 41.5 Å². The highest BCUT2D eigenvalue weighted by molar-refractivity contribution is 14.1. The summed E-state index contributed by atoms with van der Waals surface area (Å²) in [6.45, 7) is 0.415. The van der Waals surface area contributed by atoms with E-state index in [4.69, 9.17) is 19.3 Å². The van der Waals surface area contributed by atoms with E-state index in [9.17, 15) is 14.4 Å². The number of hydrogen-bond acceptors (Lipinski definition) is 7. The zero-order valence-corrected chi connectivity index (χ0v) is 24.0. The topological polar surface area (TPSA) is 114 Å². The van der Waals surface area contributed by atoms with E-state index in [1.54, 1.807) is 23.1 Å². The number of benzene rings is 2. The Bertz CT molecular complexity index is 1320. The van der Waals surface area contributed by atoms with Gasteiger partial charge < -0.3 is 29.5 Å². The van der Waals surface area contributed by atoms with Crippen molar-refractivity contribution in [3.8, 4) is 0 Å². The van der Waals surface area contributed by atoms with Crippen molar-refractivity contribution in [2.75, 3.05) is 19.7 Å². The van der Waals surface area contributed by atoms with Crippen LogP contribution in [-0.4, -0.2) is 77.6 Å². The van der Waals surface area contributed by atoms with E-state index in [0.29, 0.717) is 43.4 Å². The molecule has 2 N–H and O–H groups in total. The molecule has 2 aromatic carbocycles. The third-order valence-corrected chi connectivity index (χ3v) is 8.78. The zero-order chi connectivity index (χ0) is 27.9. The summed E-state index contributed by atoms with van der Waals surface area (Å²) in [6.07, 6.45) is 2.46. The van der Waals surface area contributed by atoms with Gasteiger partial charge in [0.15, 0.2) is 5.79 Å². The van der Waals surface area contributed by atoms with Crippen LogP contribution >= 0.6 is 22.6 Å². The van der Waals surface area contributed by atoms with Gasteiger partial charge in [0.05, 0.1) is 12.2 Å². The molecule has 2 amide bonds. The van der Waals surface area contributed by atoms with Crippen LogP contribution in [0.4, 0.5) is 0 Å². The molecule has 4 atom stereocenters. The van der Waals surface area contributed by atoms with Crippen molar-refractivity contribution in [1.82, 2.24) is 10.2 Å². The third kappa shape index (κ3) is 5.29. The summed E-state index contributed by atoms with van der Waals surface area (Å²) in [5.41, 5.74) is 3.17. The molecule has 4 unspecified atom stereocenters. The monoisotopic (exact) mass is 658 g/mol. The van der Waals surface area contributed by atoms with Crippen LogP contribution in [0.15, 0.2) is 60.2 Å². The molecule has 0 bridgehead atoms. The van der Waals surface area contributed by atoms with Gasteiger partial charge >= 0.3 is 5.97 Å². The predicted octanol–water partition coefficient (Wildman–Crippen LogP) is 2.53. The maximum absolute atomic E-state index is 13.8. The minimum atomic E-state index is -0.887. The van der Waals surface area contributed by atoms with Crippen molar-refractivity contribution < 1.29 is 33.7 Å². The molecule has 210 valence electrons. The summed E-state index contributed by atoms with van der Waals surface area (Å²) in [4.78, 5) is 41.2. The normalized spacial score (nSPS) is 26.2. The highest BCUT2D eigenvalue weighted by Gasteiger charge is 2.55. The number of fused-ring (bicyclic) bond motifs is 2. The van der Waals surface area contributed by atoms with Gasteiger partial charge in [0.1, 0.15) is 24.4 Å². The van der Waals surface area contributed by atoms with Gasteiger partial charge in [0.25, 0.3) is 0 Å². The molecule has 10 heteroatoms. The fourth-order valence-electron chi connectivity index (χ4n) is 6.21. The second kappa shape index (κ2) is 11.2. The average Bonchev–Trinajstić information content (AvgIpc) is 3.67. The van der Waals surface area contributed by atoms with E-state index >= 15 is 0 Å². The van der Waals surface area contributed by atoms with E-state index in [1.165, 1.54) is 0 Å². The predicted molar refractivity (Wildman–Crippen MR) is 152 cm³/mol. The Hall–Kier alpha value is -2.80. The molecule has 9 nitrogen and oxygen atoms in total. The summed E-state index contributed by atoms with van der Waals surface area (Å²) < 4.78 is 20.1. The molecule has 4 aliphatic rings. The molecule has 2 aliphatic heterocycles. The van der Waals surface area contributed by atoms with E-state index in [2.05, 4.69) is 40.0 Å². The van der Waals surface area contributed by atoms with Crippen LogP contribution in [0.1, 0.15) is 40.7 Å². The molecule has 0 aromatic heterocycles. The molecule has 40 heavy (non-hydrogen) atoms. The molecule has 0 saturated carbocycles. The summed E-state index contributed by atoms with van der Waals surface area (Å²) in [5.74, 6) is -1.92. The van der Waals surface area contributed by atoms with E-state index in [-0.39, 0.29) is 31.4 Å². The lowest BCUT2D eigenvalue weighted by Crippen LogP contribution is -2.49. The number of halogens is 1. The van der Waals surface area contributed by atoms with Crippen LogP contribution in [0.2, 0.25) is 0 Å². The SMILES string of the molecule is O=C(OC1CC(C(=O)N2CCCC2C(=O)NCCO)=CC2OC3(Cc4ccccc4C3)OC21)c1ccc(I)cc1. The molecule has 2 aromatic rings. The number of aliphatic hydroxyl groups is 1. The van der Waals surface area contributed by atoms with Crippen LogP contribution in [0.3, 0.4) is 0 Å². The van der Waals surface area contributed by atoms with Gasteiger partial charge in [-0.3, -0.25) is 9.59 Å². The second-order valence-corrected chi connectivity index (χ2v) is 12.0. The Morgan fingerprint density at radius 3 is 2.50 bits per heavy atom. The van der Waals surface area contributed by atoms with Crippen molar-refractivity contribution >= 4 is 40.4 Å². The smallest absolute Gasteiger partial charge is 0.338 e. The minimum Gasteiger partial charge on any atom is -0.456 e. The first-order valence-electron chi connectivity index (χ1n) is 13.6. The van der Waals surface area contributed by atoms with Crippen LogP contribution in [0.25, 0.3) is 0 Å². The molecule has 1 spiro atoms. The van der Waals surface area contributed by atoms with E-state index in [0.717, 1.165) is 14.7 Å². The number of carbonyl (C=O) groups is 3. The Balaban J connectivity index is 1.26. The average molecular weight is 658 g/mol. The standard InChI is InChI=1S/C30H31IN2O7/c31-22-9-7-18(8-10-22)29(37)38-24-14-21(28(36)33-12-3-6-23(33)27(35)32-11-13-34)15-25-26(24)40-30(39-25)16-19-4-1-2-5-20(19)17-30/h1-2,4-5,7-10,15,23-26,34H,3,6,11-14,16-17H2,(H,32,35). The molecular weight excluding hydrogens is 627 g/mol. The third-order valence-electron chi connectivity index (χ3n) is 8.06. The molecular formula is C30H31IN2O7. The quantitative estimate of drug-likeness (QED) is 0.363. The van der Waals surface area contributed by atoms with Crippen LogP contribution in [0, 0.1) is 3.57 Å². The summed E-state index contributed by atoms with van der Waals surface area (Å²) >= 11 is 2.18. The number of amides is 2. The number of esters is 1. The Kier molecular flexibility index (Phi) is 7.68. The van der Waals surface area contributed by atoms with E-state index in [1.807, 2.05) is 24.3 Å². The highest BCUT2D eigenvalue weighted by Crippen LogP contribution is 2.45. The maximum atomic E-state index is 13.8. The number of ether oxygens (including phenoxy) is 3. The highest BCUT2D eigenvalue weighted by atomic mass is 127. The zero-order valence-electron chi connectivity index (χ0n) is 21.9. The van der Waals surface area contributed by atoms with Crippen molar-refractivity contribution in [1.29, 1.82) is 0 Å². The Morgan fingerprint density at radius 1 is 1.07 bits per heavy atom. The number of likely N-dealkylation sites (tertiary alicyclic amines) is 1. The van der Waals surface area contributed by atoms with Crippen LogP contribution < -0.4 is 5.32 Å². The van der Waals surface area contributed by atoms with Gasteiger partial charge in [-0.1, -0.05) is 24.3 Å². The molecule has 2 heterocycles. The lowest BCUT2D eigenvalue weighted by atomic mass is 9.91. The van der Waals surface area contributed by atoms with Crippen molar-refractivity contribution in [2.45, 2.75) is 62.2 Å². The Labute approximate surface area is 246 Å².